The molecule has 0 amide bonds. The molecule has 1 heterocycles. The standard InChI is InChI=1S/C13H11N3O2/c1-14-11-4-2-10(3-5-11)8-16-9-15-7-12(16)6-13(17)18/h2-5,7,9H,6,8H2,(H,17,18). The van der Waals surface area contributed by atoms with E-state index in [9.17, 15) is 4.79 Å². The first-order valence-corrected chi connectivity index (χ1v) is 5.36. The highest BCUT2D eigenvalue weighted by Crippen LogP contribution is 2.14. The topological polar surface area (TPSA) is 59.5 Å². The molecule has 0 bridgehead atoms. The Balaban J connectivity index is 2.16. The van der Waals surface area contributed by atoms with Gasteiger partial charge < -0.3 is 9.67 Å². The highest BCUT2D eigenvalue weighted by molar-refractivity contribution is 5.69. The van der Waals surface area contributed by atoms with Crippen LogP contribution in [-0.2, 0) is 17.8 Å². The van der Waals surface area contributed by atoms with E-state index in [0.29, 0.717) is 17.9 Å². The molecular weight excluding hydrogens is 230 g/mol. The van der Waals surface area contributed by atoms with Gasteiger partial charge in [-0.2, -0.15) is 0 Å². The molecule has 5 heteroatoms. The van der Waals surface area contributed by atoms with Crippen LogP contribution in [0.4, 0.5) is 5.69 Å². The van der Waals surface area contributed by atoms with E-state index in [4.69, 9.17) is 11.7 Å². The van der Waals surface area contributed by atoms with Crippen molar-refractivity contribution in [1.82, 2.24) is 9.55 Å². The number of imidazole rings is 1. The molecule has 2 aromatic rings. The summed E-state index contributed by atoms with van der Waals surface area (Å²) >= 11 is 0. The van der Waals surface area contributed by atoms with Crippen LogP contribution in [0.15, 0.2) is 36.8 Å². The molecule has 0 saturated heterocycles. The molecule has 5 nitrogen and oxygen atoms in total. The zero-order valence-electron chi connectivity index (χ0n) is 9.58. The summed E-state index contributed by atoms with van der Waals surface area (Å²) in [5, 5.41) is 8.77. The average molecular weight is 241 g/mol. The Bertz CT molecular complexity index is 593. The van der Waals surface area contributed by atoms with Gasteiger partial charge >= 0.3 is 5.97 Å². The molecule has 1 N–H and O–H groups in total. The fourth-order valence-corrected chi connectivity index (χ4v) is 1.67. The minimum Gasteiger partial charge on any atom is -0.481 e. The van der Waals surface area contributed by atoms with E-state index in [1.165, 1.54) is 0 Å². The number of hydrogen-bond donors (Lipinski definition) is 1. The van der Waals surface area contributed by atoms with Crippen molar-refractivity contribution in [1.29, 1.82) is 0 Å². The van der Waals surface area contributed by atoms with Crippen LogP contribution in [0, 0.1) is 6.57 Å². The van der Waals surface area contributed by atoms with Crippen LogP contribution < -0.4 is 0 Å². The van der Waals surface area contributed by atoms with Crippen LogP contribution in [0.25, 0.3) is 4.85 Å². The number of benzene rings is 1. The fourth-order valence-electron chi connectivity index (χ4n) is 1.67. The van der Waals surface area contributed by atoms with Crippen molar-refractivity contribution < 1.29 is 9.90 Å². The van der Waals surface area contributed by atoms with E-state index in [2.05, 4.69) is 9.83 Å². The highest BCUT2D eigenvalue weighted by Gasteiger charge is 2.07. The first-order chi connectivity index (χ1) is 8.69. The number of carboxylic acids is 1. The molecule has 2 rings (SSSR count). The fraction of sp³-hybridized carbons (Fsp3) is 0.154. The molecule has 18 heavy (non-hydrogen) atoms. The van der Waals surface area contributed by atoms with Gasteiger partial charge in [-0.05, 0) is 5.56 Å². The first-order valence-electron chi connectivity index (χ1n) is 5.36. The summed E-state index contributed by atoms with van der Waals surface area (Å²) < 4.78 is 1.79. The third-order valence-electron chi connectivity index (χ3n) is 2.55. The third-order valence-corrected chi connectivity index (χ3v) is 2.55. The van der Waals surface area contributed by atoms with Crippen molar-refractivity contribution in [2.75, 3.05) is 0 Å². The number of carbonyl (C=O) groups is 1. The van der Waals surface area contributed by atoms with Gasteiger partial charge in [-0.15, -0.1) is 0 Å². The lowest BCUT2D eigenvalue weighted by molar-refractivity contribution is -0.136. The molecule has 1 aromatic carbocycles. The minimum atomic E-state index is -0.875. The molecule has 0 spiro atoms. The van der Waals surface area contributed by atoms with Crippen LogP contribution in [0.3, 0.4) is 0 Å². The molecule has 90 valence electrons. The minimum absolute atomic E-state index is 0.0415. The molecule has 1 aromatic heterocycles. The number of nitrogens with zero attached hydrogens (tertiary/aromatic N) is 3. The molecule has 0 fully saturated rings. The largest absolute Gasteiger partial charge is 0.481 e. The Kier molecular flexibility index (Phi) is 3.39. The molecular formula is C13H11N3O2. The van der Waals surface area contributed by atoms with Gasteiger partial charge in [0.15, 0.2) is 5.69 Å². The van der Waals surface area contributed by atoms with Gasteiger partial charge in [0, 0.05) is 18.4 Å². The van der Waals surface area contributed by atoms with Crippen molar-refractivity contribution in [2.45, 2.75) is 13.0 Å². The lowest BCUT2D eigenvalue weighted by Crippen LogP contribution is -2.08. The summed E-state index contributed by atoms with van der Waals surface area (Å²) in [6, 6.07) is 7.21. The first kappa shape index (κ1) is 11.9. The quantitative estimate of drug-likeness (QED) is 0.834. The Morgan fingerprint density at radius 2 is 2.11 bits per heavy atom. The zero-order chi connectivity index (χ0) is 13.0. The smallest absolute Gasteiger partial charge is 0.309 e. The molecule has 0 aliphatic rings. The number of aliphatic carboxylic acids is 1. The van der Waals surface area contributed by atoms with Crippen LogP contribution in [-0.4, -0.2) is 20.6 Å². The molecule has 0 aliphatic carbocycles. The van der Waals surface area contributed by atoms with Crippen molar-refractivity contribution in [2.24, 2.45) is 0 Å². The maximum Gasteiger partial charge on any atom is 0.309 e. The van der Waals surface area contributed by atoms with E-state index >= 15 is 0 Å². The summed E-state index contributed by atoms with van der Waals surface area (Å²) in [5.74, 6) is -0.875. The molecule has 0 unspecified atom stereocenters. The van der Waals surface area contributed by atoms with E-state index < -0.39 is 5.97 Å². The van der Waals surface area contributed by atoms with Gasteiger partial charge in [0.05, 0.1) is 19.3 Å². The second kappa shape index (κ2) is 5.15. The van der Waals surface area contributed by atoms with Crippen LogP contribution in [0.1, 0.15) is 11.3 Å². The van der Waals surface area contributed by atoms with Crippen LogP contribution in [0.5, 0.6) is 0 Å². The summed E-state index contributed by atoms with van der Waals surface area (Å²) in [7, 11) is 0. The monoisotopic (exact) mass is 241 g/mol. The van der Waals surface area contributed by atoms with E-state index in [-0.39, 0.29) is 6.42 Å². The number of hydrogen-bond acceptors (Lipinski definition) is 2. The predicted octanol–water partition coefficient (Wildman–Crippen LogP) is 2.11. The third kappa shape index (κ3) is 2.74. The molecule has 0 aliphatic heterocycles. The summed E-state index contributed by atoms with van der Waals surface area (Å²) in [6.07, 6.45) is 3.13. The zero-order valence-corrected chi connectivity index (χ0v) is 9.58. The SMILES string of the molecule is [C-]#[N+]c1ccc(Cn2cncc2CC(=O)O)cc1. The van der Waals surface area contributed by atoms with Crippen molar-refractivity contribution >= 4 is 11.7 Å². The second-order valence-corrected chi connectivity index (χ2v) is 3.86. The maximum atomic E-state index is 10.7. The van der Waals surface area contributed by atoms with Crippen LogP contribution >= 0.6 is 0 Å². The summed E-state index contributed by atoms with van der Waals surface area (Å²) in [6.45, 7) is 7.42. The van der Waals surface area contributed by atoms with Gasteiger partial charge in [0.2, 0.25) is 0 Å². The van der Waals surface area contributed by atoms with Crippen molar-refractivity contribution in [3.63, 3.8) is 0 Å². The van der Waals surface area contributed by atoms with Gasteiger partial charge in [-0.1, -0.05) is 24.3 Å². The lowest BCUT2D eigenvalue weighted by Gasteiger charge is -2.06. The number of carboxylic acid groups (broad SMARTS) is 1. The molecule has 0 atom stereocenters. The van der Waals surface area contributed by atoms with E-state index in [1.807, 2.05) is 12.1 Å². The Morgan fingerprint density at radius 1 is 1.39 bits per heavy atom. The average Bonchev–Trinajstić information content (AvgIpc) is 2.77. The van der Waals surface area contributed by atoms with Crippen molar-refractivity contribution in [3.05, 3.63) is 59.5 Å². The summed E-state index contributed by atoms with van der Waals surface area (Å²) in [4.78, 5) is 18.0. The van der Waals surface area contributed by atoms with Gasteiger partial charge in [-0.25, -0.2) is 9.83 Å². The number of aromatic nitrogens is 2. The normalized spacial score (nSPS) is 9.94. The maximum absolute atomic E-state index is 10.7. The predicted molar refractivity (Wildman–Crippen MR) is 65.4 cm³/mol. The van der Waals surface area contributed by atoms with Gasteiger partial charge in [-0.3, -0.25) is 4.79 Å². The van der Waals surface area contributed by atoms with Gasteiger partial charge in [0.25, 0.3) is 0 Å². The van der Waals surface area contributed by atoms with E-state index in [0.717, 1.165) is 5.56 Å². The van der Waals surface area contributed by atoms with Gasteiger partial charge in [0.1, 0.15) is 0 Å². The Labute approximate surface area is 104 Å². The van der Waals surface area contributed by atoms with E-state index in [1.54, 1.807) is 29.2 Å². The lowest BCUT2D eigenvalue weighted by atomic mass is 10.2. The Morgan fingerprint density at radius 3 is 2.72 bits per heavy atom. The van der Waals surface area contributed by atoms with Crippen molar-refractivity contribution in [3.8, 4) is 0 Å². The molecule has 0 radical (unpaired) electrons. The second-order valence-electron chi connectivity index (χ2n) is 3.86. The summed E-state index contributed by atoms with van der Waals surface area (Å²) in [5.41, 5.74) is 2.26. The number of rotatable bonds is 4. The Hall–Kier alpha value is -2.61. The highest BCUT2D eigenvalue weighted by atomic mass is 16.4. The van der Waals surface area contributed by atoms with Crippen LogP contribution in [0.2, 0.25) is 0 Å². The molecule has 0 saturated carbocycles.